The zero-order chi connectivity index (χ0) is 14.0. The van der Waals surface area contributed by atoms with E-state index in [2.05, 4.69) is 11.4 Å². The van der Waals surface area contributed by atoms with Gasteiger partial charge in [-0.25, -0.2) is 4.79 Å². The van der Waals surface area contributed by atoms with Gasteiger partial charge in [-0.05, 0) is 43.0 Å². The molecule has 0 aromatic heterocycles. The van der Waals surface area contributed by atoms with Gasteiger partial charge in [-0.1, -0.05) is 6.07 Å². The molecule has 2 aliphatic rings. The van der Waals surface area contributed by atoms with Gasteiger partial charge in [-0.3, -0.25) is 0 Å². The van der Waals surface area contributed by atoms with E-state index in [1.807, 2.05) is 19.1 Å². The summed E-state index contributed by atoms with van der Waals surface area (Å²) >= 11 is 0. The van der Waals surface area contributed by atoms with Gasteiger partial charge in [-0.15, -0.1) is 0 Å². The molecule has 3 rings (SSSR count). The molecule has 1 N–H and O–H groups in total. The highest BCUT2D eigenvalue weighted by Crippen LogP contribution is 2.38. The fraction of sp³-hybridized carbons (Fsp3) is 0.562. The maximum absolute atomic E-state index is 11.8. The van der Waals surface area contributed by atoms with E-state index in [1.165, 1.54) is 11.1 Å². The van der Waals surface area contributed by atoms with Gasteiger partial charge in [0.2, 0.25) is 0 Å². The number of hydrogen-bond acceptors (Lipinski definition) is 4. The molecule has 0 bridgehead atoms. The summed E-state index contributed by atoms with van der Waals surface area (Å²) in [6.45, 7) is 5.71. The number of benzene rings is 1. The molecule has 0 radical (unpaired) electrons. The number of carbonyl (C=O) groups is 1. The van der Waals surface area contributed by atoms with E-state index >= 15 is 0 Å². The van der Waals surface area contributed by atoms with Crippen LogP contribution in [0.1, 0.15) is 41.3 Å². The third-order valence-electron chi connectivity index (χ3n) is 4.42. The third-order valence-corrected chi connectivity index (χ3v) is 4.42. The average Bonchev–Trinajstić information content (AvgIpc) is 2.48. The highest BCUT2D eigenvalue weighted by atomic mass is 16.5. The summed E-state index contributed by atoms with van der Waals surface area (Å²) in [5.41, 5.74) is 3.44. The van der Waals surface area contributed by atoms with Crippen molar-refractivity contribution in [3.63, 3.8) is 0 Å². The monoisotopic (exact) mass is 275 g/mol. The van der Waals surface area contributed by atoms with Crippen LogP contribution in [-0.2, 0) is 21.4 Å². The van der Waals surface area contributed by atoms with Crippen LogP contribution in [0, 0.1) is 0 Å². The summed E-state index contributed by atoms with van der Waals surface area (Å²) in [5.74, 6) is -0.234. The molecule has 4 nitrogen and oxygen atoms in total. The van der Waals surface area contributed by atoms with Crippen molar-refractivity contribution in [2.45, 2.75) is 31.7 Å². The topological polar surface area (TPSA) is 47.6 Å². The Morgan fingerprint density at radius 2 is 2.20 bits per heavy atom. The summed E-state index contributed by atoms with van der Waals surface area (Å²) in [7, 11) is 0. The lowest BCUT2D eigenvalue weighted by Crippen LogP contribution is -2.46. The summed E-state index contributed by atoms with van der Waals surface area (Å²) in [6, 6.07) is 6.00. The van der Waals surface area contributed by atoms with Crippen molar-refractivity contribution in [1.82, 2.24) is 5.32 Å². The zero-order valence-electron chi connectivity index (χ0n) is 11.9. The predicted molar refractivity (Wildman–Crippen MR) is 75.8 cm³/mol. The summed E-state index contributed by atoms with van der Waals surface area (Å²) < 4.78 is 10.6. The SMILES string of the molecule is CCOC(=O)c1ccc2c(c1)CNCC21CCOCC1. The first-order valence-electron chi connectivity index (χ1n) is 7.34. The molecule has 1 aromatic rings. The van der Waals surface area contributed by atoms with Crippen molar-refractivity contribution in [2.75, 3.05) is 26.4 Å². The van der Waals surface area contributed by atoms with Crippen molar-refractivity contribution >= 4 is 5.97 Å². The number of esters is 1. The standard InChI is InChI=1S/C16H21NO3/c1-2-20-15(18)12-3-4-14-13(9-12)10-17-11-16(14)5-7-19-8-6-16/h3-4,9,17H,2,5-8,10-11H2,1H3. The maximum Gasteiger partial charge on any atom is 0.338 e. The Balaban J connectivity index is 1.93. The molecule has 0 saturated carbocycles. The van der Waals surface area contributed by atoms with E-state index in [-0.39, 0.29) is 11.4 Å². The van der Waals surface area contributed by atoms with Crippen molar-refractivity contribution in [3.8, 4) is 0 Å². The van der Waals surface area contributed by atoms with Gasteiger partial charge >= 0.3 is 5.97 Å². The van der Waals surface area contributed by atoms with Crippen LogP contribution in [0.4, 0.5) is 0 Å². The van der Waals surface area contributed by atoms with Crippen LogP contribution in [0.2, 0.25) is 0 Å². The lowest BCUT2D eigenvalue weighted by atomic mass is 9.70. The summed E-state index contributed by atoms with van der Waals surface area (Å²) in [4.78, 5) is 11.8. The lowest BCUT2D eigenvalue weighted by Gasteiger charge is -2.42. The van der Waals surface area contributed by atoms with E-state index in [1.54, 1.807) is 0 Å². The second-order valence-electron chi connectivity index (χ2n) is 5.59. The Morgan fingerprint density at radius 3 is 2.95 bits per heavy atom. The van der Waals surface area contributed by atoms with Crippen LogP contribution >= 0.6 is 0 Å². The van der Waals surface area contributed by atoms with Gasteiger partial charge in [0.05, 0.1) is 12.2 Å². The number of fused-ring (bicyclic) bond motifs is 2. The average molecular weight is 275 g/mol. The van der Waals surface area contributed by atoms with Gasteiger partial charge in [-0.2, -0.15) is 0 Å². The Bertz CT molecular complexity index is 506. The molecule has 1 aromatic carbocycles. The molecule has 1 spiro atoms. The molecule has 1 fully saturated rings. The largest absolute Gasteiger partial charge is 0.462 e. The van der Waals surface area contributed by atoms with Gasteiger partial charge < -0.3 is 14.8 Å². The Labute approximate surface area is 119 Å². The van der Waals surface area contributed by atoms with E-state index in [0.29, 0.717) is 12.2 Å². The molecule has 4 heteroatoms. The fourth-order valence-corrected chi connectivity index (χ4v) is 3.34. The normalized spacial score (nSPS) is 20.4. The first-order valence-corrected chi connectivity index (χ1v) is 7.34. The molecular weight excluding hydrogens is 254 g/mol. The zero-order valence-corrected chi connectivity index (χ0v) is 11.9. The highest BCUT2D eigenvalue weighted by molar-refractivity contribution is 5.89. The van der Waals surface area contributed by atoms with Crippen LogP contribution in [-0.4, -0.2) is 32.3 Å². The second kappa shape index (κ2) is 5.54. The molecule has 108 valence electrons. The lowest BCUT2D eigenvalue weighted by molar-refractivity contribution is 0.0468. The highest BCUT2D eigenvalue weighted by Gasteiger charge is 2.38. The van der Waals surface area contributed by atoms with E-state index < -0.39 is 0 Å². The minimum Gasteiger partial charge on any atom is -0.462 e. The van der Waals surface area contributed by atoms with E-state index in [9.17, 15) is 4.79 Å². The number of nitrogens with one attached hydrogen (secondary N) is 1. The van der Waals surface area contributed by atoms with Crippen LogP contribution in [0.5, 0.6) is 0 Å². The molecule has 1 saturated heterocycles. The van der Waals surface area contributed by atoms with Gasteiger partial charge in [0, 0.05) is 31.7 Å². The smallest absolute Gasteiger partial charge is 0.338 e. The second-order valence-corrected chi connectivity index (χ2v) is 5.59. The quantitative estimate of drug-likeness (QED) is 0.839. The van der Waals surface area contributed by atoms with Gasteiger partial charge in [0.25, 0.3) is 0 Å². The Morgan fingerprint density at radius 1 is 1.40 bits per heavy atom. The van der Waals surface area contributed by atoms with Crippen LogP contribution in [0.3, 0.4) is 0 Å². The molecule has 0 atom stereocenters. The minimum absolute atomic E-state index is 0.180. The van der Waals surface area contributed by atoms with Crippen LogP contribution < -0.4 is 5.32 Å². The molecular formula is C16H21NO3. The minimum atomic E-state index is -0.234. The molecule has 0 aliphatic carbocycles. The fourth-order valence-electron chi connectivity index (χ4n) is 3.34. The van der Waals surface area contributed by atoms with Gasteiger partial charge in [0.15, 0.2) is 0 Å². The van der Waals surface area contributed by atoms with E-state index in [4.69, 9.17) is 9.47 Å². The summed E-state index contributed by atoms with van der Waals surface area (Å²) in [5, 5.41) is 3.49. The van der Waals surface area contributed by atoms with Crippen LogP contribution in [0.15, 0.2) is 18.2 Å². The molecule has 20 heavy (non-hydrogen) atoms. The number of hydrogen-bond donors (Lipinski definition) is 1. The maximum atomic E-state index is 11.8. The number of ether oxygens (including phenoxy) is 2. The molecule has 0 unspecified atom stereocenters. The number of carbonyl (C=O) groups excluding carboxylic acids is 1. The predicted octanol–water partition coefficient (Wildman–Crippen LogP) is 2.01. The first kappa shape index (κ1) is 13.6. The molecule has 0 amide bonds. The van der Waals surface area contributed by atoms with Crippen LogP contribution in [0.25, 0.3) is 0 Å². The van der Waals surface area contributed by atoms with E-state index in [0.717, 1.165) is 39.1 Å². The summed E-state index contributed by atoms with van der Waals surface area (Å²) in [6.07, 6.45) is 2.09. The van der Waals surface area contributed by atoms with Crippen molar-refractivity contribution in [1.29, 1.82) is 0 Å². The molecule has 2 heterocycles. The number of rotatable bonds is 2. The molecule has 2 aliphatic heterocycles. The van der Waals surface area contributed by atoms with Gasteiger partial charge in [0.1, 0.15) is 0 Å². The van der Waals surface area contributed by atoms with Crippen molar-refractivity contribution in [3.05, 3.63) is 34.9 Å². The Kier molecular flexibility index (Phi) is 3.76. The van der Waals surface area contributed by atoms with Crippen molar-refractivity contribution in [2.24, 2.45) is 0 Å². The van der Waals surface area contributed by atoms with Crippen molar-refractivity contribution < 1.29 is 14.3 Å². The third kappa shape index (κ3) is 2.34. The Hall–Kier alpha value is -1.39. The first-order chi connectivity index (χ1) is 9.75.